The van der Waals surface area contributed by atoms with Gasteiger partial charge in [-0.05, 0) is 18.2 Å². The molecule has 0 bridgehead atoms. The van der Waals surface area contributed by atoms with E-state index in [2.05, 4.69) is 0 Å². The molecule has 0 aromatic heterocycles. The molecule has 0 aliphatic carbocycles. The molecule has 0 radical (unpaired) electrons. The molecule has 0 saturated heterocycles. The maximum atomic E-state index is 12.7. The van der Waals surface area contributed by atoms with Crippen LogP contribution in [0.1, 0.15) is 15.9 Å². The van der Waals surface area contributed by atoms with E-state index >= 15 is 0 Å². The van der Waals surface area contributed by atoms with Crippen LogP contribution in [0.2, 0.25) is 0 Å². The van der Waals surface area contributed by atoms with Crippen molar-refractivity contribution in [1.29, 1.82) is 0 Å². The maximum absolute atomic E-state index is 12.7. The van der Waals surface area contributed by atoms with Gasteiger partial charge in [-0.15, -0.1) is 0 Å². The Balaban J connectivity index is 3.06. The molecule has 100 valence electrons. The lowest BCUT2D eigenvalue weighted by atomic mass is 10.1. The SMILES string of the molecule is COCCN(C)c1ccc(C=O)c(C(F)(F)F)c1. The molecule has 6 heteroatoms. The zero-order valence-corrected chi connectivity index (χ0v) is 10.1. The fraction of sp³-hybridized carbons (Fsp3) is 0.417. The van der Waals surface area contributed by atoms with Gasteiger partial charge in [0, 0.05) is 32.0 Å². The highest BCUT2D eigenvalue weighted by Gasteiger charge is 2.33. The molecule has 0 fully saturated rings. The van der Waals surface area contributed by atoms with Crippen molar-refractivity contribution in [2.75, 3.05) is 32.2 Å². The lowest BCUT2D eigenvalue weighted by Gasteiger charge is -2.20. The molecule has 0 amide bonds. The second-order valence-corrected chi connectivity index (χ2v) is 3.80. The number of alkyl halides is 3. The second kappa shape index (κ2) is 5.86. The van der Waals surface area contributed by atoms with Gasteiger partial charge in [-0.2, -0.15) is 13.2 Å². The number of carbonyl (C=O) groups excluding carboxylic acids is 1. The van der Waals surface area contributed by atoms with Gasteiger partial charge in [0.05, 0.1) is 12.2 Å². The minimum absolute atomic E-state index is 0.210. The predicted octanol–water partition coefficient (Wildman–Crippen LogP) is 2.60. The summed E-state index contributed by atoms with van der Waals surface area (Å²) in [6, 6.07) is 3.63. The van der Waals surface area contributed by atoms with Gasteiger partial charge >= 0.3 is 6.18 Å². The summed E-state index contributed by atoms with van der Waals surface area (Å²) in [5.74, 6) is 0. The predicted molar refractivity (Wildman–Crippen MR) is 62.0 cm³/mol. The van der Waals surface area contributed by atoms with Gasteiger partial charge in [-0.1, -0.05) is 0 Å². The van der Waals surface area contributed by atoms with Crippen molar-refractivity contribution in [2.24, 2.45) is 0 Å². The lowest BCUT2D eigenvalue weighted by molar-refractivity contribution is -0.137. The first-order valence-corrected chi connectivity index (χ1v) is 5.26. The summed E-state index contributed by atoms with van der Waals surface area (Å²) >= 11 is 0. The van der Waals surface area contributed by atoms with Gasteiger partial charge in [0.15, 0.2) is 6.29 Å². The van der Waals surface area contributed by atoms with Crippen LogP contribution in [0, 0.1) is 0 Å². The number of halogens is 3. The Morgan fingerprint density at radius 1 is 1.39 bits per heavy atom. The minimum atomic E-state index is -4.53. The molecule has 3 nitrogen and oxygen atoms in total. The first-order chi connectivity index (χ1) is 8.40. The fourth-order valence-corrected chi connectivity index (χ4v) is 1.49. The zero-order chi connectivity index (χ0) is 13.8. The normalized spacial score (nSPS) is 11.4. The van der Waals surface area contributed by atoms with Crippen molar-refractivity contribution in [3.63, 3.8) is 0 Å². The van der Waals surface area contributed by atoms with E-state index in [-0.39, 0.29) is 11.8 Å². The average molecular weight is 261 g/mol. The second-order valence-electron chi connectivity index (χ2n) is 3.80. The van der Waals surface area contributed by atoms with Crippen LogP contribution >= 0.6 is 0 Å². The number of anilines is 1. The van der Waals surface area contributed by atoms with Crippen LogP contribution in [0.4, 0.5) is 18.9 Å². The van der Waals surface area contributed by atoms with E-state index in [1.807, 2.05) is 0 Å². The van der Waals surface area contributed by atoms with Crippen molar-refractivity contribution in [3.05, 3.63) is 29.3 Å². The van der Waals surface area contributed by atoms with Crippen molar-refractivity contribution in [1.82, 2.24) is 0 Å². The molecule has 0 heterocycles. The van der Waals surface area contributed by atoms with E-state index in [0.29, 0.717) is 18.8 Å². The molecule has 0 unspecified atom stereocenters. The molecule has 1 rings (SSSR count). The molecule has 1 aromatic rings. The number of methoxy groups -OCH3 is 1. The summed E-state index contributed by atoms with van der Waals surface area (Å²) in [5.41, 5.74) is -0.879. The fourth-order valence-electron chi connectivity index (χ4n) is 1.49. The Hall–Kier alpha value is -1.56. The maximum Gasteiger partial charge on any atom is 0.417 e. The molecule has 0 saturated carbocycles. The number of ether oxygens (including phenoxy) is 1. The van der Waals surface area contributed by atoms with E-state index in [9.17, 15) is 18.0 Å². The van der Waals surface area contributed by atoms with Crippen molar-refractivity contribution in [3.8, 4) is 0 Å². The summed E-state index contributed by atoms with van der Waals surface area (Å²) in [6.07, 6.45) is -4.32. The number of hydrogen-bond acceptors (Lipinski definition) is 3. The minimum Gasteiger partial charge on any atom is -0.383 e. The highest BCUT2D eigenvalue weighted by atomic mass is 19.4. The number of aldehydes is 1. The Kier molecular flexibility index (Phi) is 4.72. The average Bonchev–Trinajstić information content (AvgIpc) is 2.34. The van der Waals surface area contributed by atoms with Crippen LogP contribution < -0.4 is 4.90 Å². The van der Waals surface area contributed by atoms with Crippen LogP contribution in [-0.2, 0) is 10.9 Å². The van der Waals surface area contributed by atoms with E-state index < -0.39 is 11.7 Å². The molecule has 1 aromatic carbocycles. The van der Waals surface area contributed by atoms with Crippen molar-refractivity contribution in [2.45, 2.75) is 6.18 Å². The van der Waals surface area contributed by atoms with Gasteiger partial charge in [0.2, 0.25) is 0 Å². The van der Waals surface area contributed by atoms with Crippen LogP contribution in [-0.4, -0.2) is 33.6 Å². The standard InChI is InChI=1S/C12H14F3NO2/c1-16(5-6-18-2)10-4-3-9(8-17)11(7-10)12(13,14)15/h3-4,7-8H,5-6H2,1-2H3. The number of nitrogens with zero attached hydrogens (tertiary/aromatic N) is 1. The molecular weight excluding hydrogens is 247 g/mol. The quantitative estimate of drug-likeness (QED) is 0.763. The monoisotopic (exact) mass is 261 g/mol. The summed E-state index contributed by atoms with van der Waals surface area (Å²) in [7, 11) is 3.18. The van der Waals surface area contributed by atoms with Gasteiger partial charge in [-0.25, -0.2) is 0 Å². The molecule has 18 heavy (non-hydrogen) atoms. The van der Waals surface area contributed by atoms with Gasteiger partial charge in [0.1, 0.15) is 0 Å². The lowest BCUT2D eigenvalue weighted by Crippen LogP contribution is -2.22. The summed E-state index contributed by atoms with van der Waals surface area (Å²) in [6.45, 7) is 0.877. The third-order valence-corrected chi connectivity index (χ3v) is 2.54. The molecule has 0 spiro atoms. The Morgan fingerprint density at radius 3 is 2.56 bits per heavy atom. The van der Waals surface area contributed by atoms with E-state index in [1.165, 1.54) is 19.2 Å². The smallest absolute Gasteiger partial charge is 0.383 e. The first kappa shape index (κ1) is 14.5. The third-order valence-electron chi connectivity index (χ3n) is 2.54. The number of likely N-dealkylation sites (N-methyl/N-ethyl adjacent to an activating group) is 1. The van der Waals surface area contributed by atoms with Gasteiger partial charge in [0.25, 0.3) is 0 Å². The third kappa shape index (κ3) is 3.46. The number of hydrogen-bond donors (Lipinski definition) is 0. The number of benzene rings is 1. The molecule has 0 atom stereocenters. The van der Waals surface area contributed by atoms with Crippen LogP contribution in [0.3, 0.4) is 0 Å². The first-order valence-electron chi connectivity index (χ1n) is 5.26. The van der Waals surface area contributed by atoms with E-state index in [0.717, 1.165) is 6.07 Å². The van der Waals surface area contributed by atoms with Gasteiger partial charge < -0.3 is 9.64 Å². The zero-order valence-electron chi connectivity index (χ0n) is 10.1. The van der Waals surface area contributed by atoms with Gasteiger partial charge in [-0.3, -0.25) is 4.79 Å². The van der Waals surface area contributed by atoms with Crippen LogP contribution in [0.5, 0.6) is 0 Å². The van der Waals surface area contributed by atoms with Crippen molar-refractivity contribution < 1.29 is 22.7 Å². The van der Waals surface area contributed by atoms with E-state index in [4.69, 9.17) is 4.74 Å². The van der Waals surface area contributed by atoms with E-state index in [1.54, 1.807) is 11.9 Å². The molecular formula is C12H14F3NO2. The highest BCUT2D eigenvalue weighted by molar-refractivity contribution is 5.79. The summed E-state index contributed by atoms with van der Waals surface area (Å²) in [5, 5.41) is 0. The molecule has 0 aliphatic rings. The topological polar surface area (TPSA) is 29.5 Å². The Labute approximate surface area is 103 Å². The summed E-state index contributed by atoms with van der Waals surface area (Å²) < 4.78 is 43.0. The highest BCUT2D eigenvalue weighted by Crippen LogP contribution is 2.33. The van der Waals surface area contributed by atoms with Crippen molar-refractivity contribution >= 4 is 12.0 Å². The number of carbonyl (C=O) groups is 1. The Bertz CT molecular complexity index is 418. The number of rotatable bonds is 5. The molecule has 0 N–H and O–H groups in total. The van der Waals surface area contributed by atoms with Crippen LogP contribution in [0.25, 0.3) is 0 Å². The van der Waals surface area contributed by atoms with Crippen LogP contribution in [0.15, 0.2) is 18.2 Å². The molecule has 0 aliphatic heterocycles. The summed E-state index contributed by atoms with van der Waals surface area (Å²) in [4.78, 5) is 12.2. The largest absolute Gasteiger partial charge is 0.417 e. The Morgan fingerprint density at radius 2 is 2.06 bits per heavy atom.